The minimum atomic E-state index is -2.57. The van der Waals surface area contributed by atoms with Gasteiger partial charge in [-0.2, -0.15) is 0 Å². The van der Waals surface area contributed by atoms with Gasteiger partial charge in [-0.05, 0) is 57.0 Å². The van der Waals surface area contributed by atoms with Crippen molar-refractivity contribution in [3.8, 4) is 11.3 Å². The minimum Gasteiger partial charge on any atom is -0.375 e. The normalized spacial score (nSPS) is 12.7. The van der Waals surface area contributed by atoms with Gasteiger partial charge < -0.3 is 9.88 Å². The first-order valence-corrected chi connectivity index (χ1v) is 13.3. The summed E-state index contributed by atoms with van der Waals surface area (Å²) in [6, 6.07) is 7.12. The number of hydrogen-bond acceptors (Lipinski definition) is 5. The molecule has 1 unspecified atom stereocenters. The van der Waals surface area contributed by atoms with Crippen LogP contribution >= 0.6 is 18.7 Å². The van der Waals surface area contributed by atoms with E-state index < -0.39 is 30.6 Å². The lowest BCUT2D eigenvalue weighted by Crippen LogP contribution is -2.10. The zero-order chi connectivity index (χ0) is 24.8. The van der Waals surface area contributed by atoms with E-state index in [1.807, 2.05) is 0 Å². The van der Waals surface area contributed by atoms with Crippen molar-refractivity contribution in [3.05, 3.63) is 76.3 Å². The first kappa shape index (κ1) is 24.2. The molecule has 5 nitrogen and oxygen atoms in total. The molecule has 10 heteroatoms. The van der Waals surface area contributed by atoms with Crippen LogP contribution in [0, 0.1) is 24.4 Å². The first-order chi connectivity index (χ1) is 15.9. The summed E-state index contributed by atoms with van der Waals surface area (Å²) in [5, 5.41) is 3.41. The molecule has 0 bridgehead atoms. The number of pyridine rings is 3. The summed E-state index contributed by atoms with van der Waals surface area (Å²) in [7, 11) is -2.57. The van der Waals surface area contributed by atoms with Crippen LogP contribution in [0.3, 0.4) is 0 Å². The lowest BCUT2D eigenvalue weighted by molar-refractivity contribution is 0.577. The fourth-order valence-corrected chi connectivity index (χ4v) is 4.52. The van der Waals surface area contributed by atoms with E-state index in [0.29, 0.717) is 27.9 Å². The highest BCUT2D eigenvalue weighted by atomic mass is 35.5. The molecule has 0 radical (unpaired) electrons. The van der Waals surface area contributed by atoms with Crippen LogP contribution in [0.2, 0.25) is 5.02 Å². The molecule has 1 atom stereocenters. The summed E-state index contributed by atoms with van der Waals surface area (Å²) < 4.78 is 54.7. The van der Waals surface area contributed by atoms with E-state index in [4.69, 9.17) is 11.6 Å². The molecule has 34 heavy (non-hydrogen) atoms. The van der Waals surface area contributed by atoms with Gasteiger partial charge >= 0.3 is 0 Å². The van der Waals surface area contributed by atoms with Gasteiger partial charge in [0.15, 0.2) is 5.82 Å². The van der Waals surface area contributed by atoms with Gasteiger partial charge in [-0.15, -0.1) is 0 Å². The molecule has 0 fully saturated rings. The van der Waals surface area contributed by atoms with Crippen molar-refractivity contribution in [3.63, 3.8) is 0 Å². The third-order valence-corrected chi connectivity index (χ3v) is 7.17. The van der Waals surface area contributed by atoms with Crippen molar-refractivity contribution < 1.29 is 17.7 Å². The van der Waals surface area contributed by atoms with Gasteiger partial charge in [0, 0.05) is 29.9 Å². The minimum absolute atomic E-state index is 0.0165. The van der Waals surface area contributed by atoms with Crippen molar-refractivity contribution in [1.29, 1.82) is 0 Å². The third-order valence-electron chi connectivity index (χ3n) is 5.34. The topological polar surface area (TPSA) is 67.8 Å². The van der Waals surface area contributed by atoms with Gasteiger partial charge in [0.25, 0.3) is 0 Å². The molecule has 0 aliphatic rings. The van der Waals surface area contributed by atoms with Gasteiger partial charge in [-0.25, -0.2) is 23.1 Å². The predicted molar refractivity (Wildman–Crippen MR) is 130 cm³/mol. The first-order valence-electron chi connectivity index (χ1n) is 10.3. The van der Waals surface area contributed by atoms with Crippen molar-refractivity contribution in [1.82, 2.24) is 15.0 Å². The molecule has 176 valence electrons. The molecule has 0 aliphatic carbocycles. The van der Waals surface area contributed by atoms with Crippen LogP contribution in [0.25, 0.3) is 22.3 Å². The average molecular weight is 505 g/mol. The Labute approximate surface area is 199 Å². The molecule has 0 saturated carbocycles. The lowest BCUT2D eigenvalue weighted by atomic mass is 10.1. The van der Waals surface area contributed by atoms with Crippen LogP contribution < -0.4 is 10.8 Å². The molecular formula is C24H21ClF3N4OP. The number of benzene rings is 1. The Morgan fingerprint density at radius 2 is 1.71 bits per heavy atom. The van der Waals surface area contributed by atoms with Crippen LogP contribution in [0.15, 0.2) is 42.6 Å². The molecular weight excluding hydrogens is 484 g/mol. The number of nitrogens with zero attached hydrogens (tertiary/aromatic N) is 3. The molecule has 1 aromatic carbocycles. The Hall–Kier alpha value is -2.96. The second kappa shape index (κ2) is 9.01. The van der Waals surface area contributed by atoms with Crippen LogP contribution in [-0.2, 0) is 4.57 Å². The highest BCUT2D eigenvalue weighted by molar-refractivity contribution is 7.69. The summed E-state index contributed by atoms with van der Waals surface area (Å²) >= 11 is 6.53. The fraction of sp³-hybridized carbons (Fsp3) is 0.208. The summed E-state index contributed by atoms with van der Waals surface area (Å²) in [5.41, 5.74) is 2.55. The van der Waals surface area contributed by atoms with Gasteiger partial charge in [0.05, 0.1) is 27.4 Å². The maximum atomic E-state index is 15.0. The van der Waals surface area contributed by atoms with Gasteiger partial charge in [0.2, 0.25) is 0 Å². The number of fused-ring (bicyclic) bond motifs is 1. The van der Waals surface area contributed by atoms with Crippen LogP contribution in [-0.4, -0.2) is 28.3 Å². The summed E-state index contributed by atoms with van der Waals surface area (Å²) in [6.45, 7) is 6.58. The van der Waals surface area contributed by atoms with Gasteiger partial charge in [-0.1, -0.05) is 11.6 Å². The SMILES string of the molecule is Cc1nc2cc(F)c(-c3ccc(P(C)(C)=O)nc3)nc2c(NC(C)c2cc(F)cc(F)c2)c1Cl. The predicted octanol–water partition coefficient (Wildman–Crippen LogP) is 6.49. The van der Waals surface area contributed by atoms with E-state index in [-0.39, 0.29) is 21.7 Å². The number of aryl methyl sites for hydroxylation is 1. The zero-order valence-electron chi connectivity index (χ0n) is 18.8. The Morgan fingerprint density at radius 1 is 1.03 bits per heavy atom. The number of anilines is 1. The molecule has 0 saturated heterocycles. The van der Waals surface area contributed by atoms with E-state index in [1.165, 1.54) is 24.4 Å². The molecule has 0 amide bonds. The highest BCUT2D eigenvalue weighted by Gasteiger charge is 2.20. The molecule has 3 aromatic heterocycles. The van der Waals surface area contributed by atoms with Crippen molar-refractivity contribution in [2.75, 3.05) is 18.6 Å². The second-order valence-electron chi connectivity index (χ2n) is 8.40. The number of nitrogens with one attached hydrogen (secondary N) is 1. The van der Waals surface area contributed by atoms with Crippen molar-refractivity contribution >= 4 is 40.9 Å². The van der Waals surface area contributed by atoms with Crippen molar-refractivity contribution in [2.24, 2.45) is 0 Å². The molecule has 0 spiro atoms. The molecule has 4 rings (SSSR count). The Balaban J connectivity index is 1.83. The summed E-state index contributed by atoms with van der Waals surface area (Å²) in [4.78, 5) is 13.0. The lowest BCUT2D eigenvalue weighted by Gasteiger charge is -2.19. The monoisotopic (exact) mass is 504 g/mol. The van der Waals surface area contributed by atoms with Crippen LogP contribution in [0.4, 0.5) is 18.9 Å². The van der Waals surface area contributed by atoms with E-state index in [2.05, 4.69) is 20.3 Å². The quantitative estimate of drug-likeness (QED) is 0.315. The van der Waals surface area contributed by atoms with Crippen molar-refractivity contribution in [2.45, 2.75) is 19.9 Å². The number of aromatic nitrogens is 3. The Bertz CT molecular complexity index is 1440. The Morgan fingerprint density at radius 3 is 2.29 bits per heavy atom. The maximum Gasteiger partial charge on any atom is 0.151 e. The number of hydrogen-bond donors (Lipinski definition) is 1. The van der Waals surface area contributed by atoms with Gasteiger partial charge in [-0.3, -0.25) is 4.98 Å². The van der Waals surface area contributed by atoms with Crippen LogP contribution in [0.1, 0.15) is 24.2 Å². The number of halogens is 4. The smallest absolute Gasteiger partial charge is 0.151 e. The highest BCUT2D eigenvalue weighted by Crippen LogP contribution is 2.37. The Kier molecular flexibility index (Phi) is 6.40. The molecule has 4 aromatic rings. The standard InChI is InChI=1S/C24H21ClF3N4OP/c1-12(15-7-16(26)9-17(27)8-15)31-24-21(25)13(2)30-19-10-18(28)22(32-23(19)24)14-5-6-20(29-11-14)34(3,4)33/h5-12H,1-4H3,(H,30,31). The zero-order valence-corrected chi connectivity index (χ0v) is 20.5. The molecule has 1 N–H and O–H groups in total. The van der Waals surface area contributed by atoms with E-state index >= 15 is 0 Å². The van der Waals surface area contributed by atoms with Gasteiger partial charge in [0.1, 0.15) is 30.0 Å². The summed E-state index contributed by atoms with van der Waals surface area (Å²) in [5.74, 6) is -2.01. The summed E-state index contributed by atoms with van der Waals surface area (Å²) in [6.07, 6.45) is 1.42. The molecule has 0 aliphatic heterocycles. The second-order valence-corrected chi connectivity index (χ2v) is 11.9. The average Bonchev–Trinajstić information content (AvgIpc) is 2.75. The van der Waals surface area contributed by atoms with E-state index in [9.17, 15) is 17.7 Å². The third kappa shape index (κ3) is 4.79. The van der Waals surface area contributed by atoms with Crippen LogP contribution in [0.5, 0.6) is 0 Å². The largest absolute Gasteiger partial charge is 0.375 e. The van der Waals surface area contributed by atoms with E-state index in [1.54, 1.807) is 39.3 Å². The maximum absolute atomic E-state index is 15.0. The number of rotatable bonds is 5. The van der Waals surface area contributed by atoms with E-state index in [0.717, 1.165) is 6.07 Å². The molecule has 3 heterocycles. The fourth-order valence-electron chi connectivity index (χ4n) is 3.57.